The second kappa shape index (κ2) is 12.7. The molecule has 35 heavy (non-hydrogen) atoms. The summed E-state index contributed by atoms with van der Waals surface area (Å²) in [6, 6.07) is 18.5. The summed E-state index contributed by atoms with van der Waals surface area (Å²) in [5.74, 6) is -0.625. The Kier molecular flexibility index (Phi) is 9.65. The third-order valence-electron chi connectivity index (χ3n) is 5.27. The highest BCUT2D eigenvalue weighted by Crippen LogP contribution is 2.20. The fourth-order valence-electron chi connectivity index (χ4n) is 3.58. The molecule has 0 unspecified atom stereocenters. The van der Waals surface area contributed by atoms with Crippen LogP contribution in [0.5, 0.6) is 0 Å². The van der Waals surface area contributed by atoms with Gasteiger partial charge in [0.1, 0.15) is 23.9 Å². The van der Waals surface area contributed by atoms with Crippen molar-refractivity contribution in [1.29, 1.82) is 0 Å². The minimum Gasteiger partial charge on any atom is -0.458 e. The summed E-state index contributed by atoms with van der Waals surface area (Å²) < 4.78 is 29.2. The van der Waals surface area contributed by atoms with Crippen molar-refractivity contribution in [3.63, 3.8) is 0 Å². The molecular weight excluding hydrogens is 450 g/mol. The Labute approximate surface area is 206 Å². The lowest BCUT2D eigenvalue weighted by molar-refractivity contribution is -0.171. The van der Waals surface area contributed by atoms with E-state index in [1.165, 1.54) is 0 Å². The molecule has 0 aliphatic carbocycles. The smallest absolute Gasteiger partial charge is 0.408 e. The van der Waals surface area contributed by atoms with Gasteiger partial charge in [0.15, 0.2) is 6.04 Å². The van der Waals surface area contributed by atoms with E-state index in [1.807, 2.05) is 60.7 Å². The number of benzene rings is 2. The van der Waals surface area contributed by atoms with Crippen molar-refractivity contribution in [2.75, 3.05) is 13.2 Å². The van der Waals surface area contributed by atoms with Crippen LogP contribution in [0.25, 0.3) is 0 Å². The maximum atomic E-state index is 12.9. The molecular formula is C27H35NO7. The number of hydrogen-bond acceptors (Lipinski definition) is 7. The predicted octanol–water partition coefficient (Wildman–Crippen LogP) is 4.01. The van der Waals surface area contributed by atoms with Gasteiger partial charge in [-0.2, -0.15) is 0 Å². The van der Waals surface area contributed by atoms with Crippen molar-refractivity contribution in [2.24, 2.45) is 0 Å². The summed E-state index contributed by atoms with van der Waals surface area (Å²) in [7, 11) is 0. The highest BCUT2D eigenvalue weighted by molar-refractivity contribution is 5.81. The molecule has 1 saturated heterocycles. The molecule has 1 amide bonds. The monoisotopic (exact) mass is 485 g/mol. The molecule has 0 bridgehead atoms. The zero-order valence-electron chi connectivity index (χ0n) is 20.8. The topological polar surface area (TPSA) is 92.3 Å². The Balaban J connectivity index is 1.72. The SMILES string of the molecule is C[C@@H]1OC(=O)[C@@H](NC(=O)OC(C)(C)C)COC[C@H](OCc2ccccc2)[C@H]1OCc1ccccc1. The minimum absolute atomic E-state index is 0.0819. The number of hydrogen-bond donors (Lipinski definition) is 1. The molecule has 4 atom stereocenters. The lowest BCUT2D eigenvalue weighted by Gasteiger charge is -2.30. The molecule has 8 heteroatoms. The summed E-state index contributed by atoms with van der Waals surface area (Å²) in [5, 5.41) is 2.54. The first kappa shape index (κ1) is 26.7. The van der Waals surface area contributed by atoms with Gasteiger partial charge < -0.3 is 29.0 Å². The van der Waals surface area contributed by atoms with E-state index in [0.29, 0.717) is 13.2 Å². The second-order valence-corrected chi connectivity index (χ2v) is 9.47. The van der Waals surface area contributed by atoms with E-state index >= 15 is 0 Å². The average molecular weight is 486 g/mol. The van der Waals surface area contributed by atoms with Crippen LogP contribution < -0.4 is 5.32 Å². The van der Waals surface area contributed by atoms with Crippen LogP contribution in [0.3, 0.4) is 0 Å². The Morgan fingerprint density at radius 2 is 1.51 bits per heavy atom. The van der Waals surface area contributed by atoms with Gasteiger partial charge in [-0.15, -0.1) is 0 Å². The molecule has 1 aliphatic heterocycles. The highest BCUT2D eigenvalue weighted by Gasteiger charge is 2.36. The Hall–Kier alpha value is -2.94. The quantitative estimate of drug-likeness (QED) is 0.593. The van der Waals surface area contributed by atoms with Crippen LogP contribution in [-0.4, -0.2) is 55.2 Å². The van der Waals surface area contributed by atoms with Gasteiger partial charge >= 0.3 is 12.1 Å². The molecule has 2 aromatic carbocycles. The zero-order valence-corrected chi connectivity index (χ0v) is 20.8. The molecule has 1 N–H and O–H groups in total. The number of nitrogens with one attached hydrogen (secondary N) is 1. The molecule has 190 valence electrons. The molecule has 1 heterocycles. The van der Waals surface area contributed by atoms with Gasteiger partial charge in [-0.3, -0.25) is 0 Å². The molecule has 2 aromatic rings. The number of carbonyl (C=O) groups is 2. The standard InChI is InChI=1S/C27H35NO7/c1-19-24(33-16-21-13-9-6-10-14-21)23(32-15-20-11-7-5-8-12-20)18-31-17-22(25(29)34-19)28-26(30)35-27(2,3)4/h5-14,19,22-24H,15-18H2,1-4H3,(H,28,30)/t19-,22-,23-,24-/m0/s1. The summed E-state index contributed by atoms with van der Waals surface area (Å²) in [6.45, 7) is 7.73. The third-order valence-corrected chi connectivity index (χ3v) is 5.27. The van der Waals surface area contributed by atoms with Gasteiger partial charge in [-0.25, -0.2) is 9.59 Å². The number of carbonyl (C=O) groups excluding carboxylic acids is 2. The number of amides is 1. The van der Waals surface area contributed by atoms with Crippen LogP contribution in [0.15, 0.2) is 60.7 Å². The van der Waals surface area contributed by atoms with E-state index in [-0.39, 0.29) is 13.2 Å². The normalized spacial score (nSPS) is 23.4. The molecule has 0 saturated carbocycles. The number of rotatable bonds is 7. The van der Waals surface area contributed by atoms with Gasteiger partial charge in [0, 0.05) is 0 Å². The Morgan fingerprint density at radius 1 is 0.943 bits per heavy atom. The first-order valence-corrected chi connectivity index (χ1v) is 11.8. The maximum Gasteiger partial charge on any atom is 0.408 e. The van der Waals surface area contributed by atoms with Crippen molar-refractivity contribution in [1.82, 2.24) is 5.32 Å². The fourth-order valence-corrected chi connectivity index (χ4v) is 3.58. The van der Waals surface area contributed by atoms with Crippen molar-refractivity contribution < 1.29 is 33.3 Å². The van der Waals surface area contributed by atoms with E-state index in [2.05, 4.69) is 5.32 Å². The first-order chi connectivity index (χ1) is 16.7. The first-order valence-electron chi connectivity index (χ1n) is 11.8. The van der Waals surface area contributed by atoms with Gasteiger partial charge in [0.05, 0.1) is 26.4 Å². The van der Waals surface area contributed by atoms with E-state index in [4.69, 9.17) is 23.7 Å². The van der Waals surface area contributed by atoms with E-state index < -0.39 is 42.0 Å². The van der Waals surface area contributed by atoms with Gasteiger partial charge in [-0.1, -0.05) is 60.7 Å². The molecule has 8 nitrogen and oxygen atoms in total. The zero-order chi connectivity index (χ0) is 25.3. The average Bonchev–Trinajstić information content (AvgIpc) is 2.85. The van der Waals surface area contributed by atoms with Crippen molar-refractivity contribution in [2.45, 2.75) is 70.9 Å². The fraction of sp³-hybridized carbons (Fsp3) is 0.481. The third kappa shape index (κ3) is 8.98. The Bertz CT molecular complexity index is 930. The van der Waals surface area contributed by atoms with E-state index in [1.54, 1.807) is 27.7 Å². The number of esters is 1. The second-order valence-electron chi connectivity index (χ2n) is 9.47. The highest BCUT2D eigenvalue weighted by atomic mass is 16.6. The number of cyclic esters (lactones) is 1. The van der Waals surface area contributed by atoms with Gasteiger partial charge in [0.2, 0.25) is 0 Å². The van der Waals surface area contributed by atoms with Crippen LogP contribution >= 0.6 is 0 Å². The van der Waals surface area contributed by atoms with Crippen molar-refractivity contribution in [3.8, 4) is 0 Å². The maximum absolute atomic E-state index is 12.9. The lowest BCUT2D eigenvalue weighted by Crippen LogP contribution is -2.48. The summed E-state index contributed by atoms with van der Waals surface area (Å²) in [5.41, 5.74) is 1.29. The lowest BCUT2D eigenvalue weighted by atomic mass is 10.1. The molecule has 1 fully saturated rings. The molecule has 0 radical (unpaired) electrons. The van der Waals surface area contributed by atoms with Crippen molar-refractivity contribution in [3.05, 3.63) is 71.8 Å². The number of ether oxygens (including phenoxy) is 5. The molecule has 0 aromatic heterocycles. The molecule has 3 rings (SSSR count). The minimum atomic E-state index is -1.02. The van der Waals surface area contributed by atoms with Crippen molar-refractivity contribution >= 4 is 12.1 Å². The summed E-state index contributed by atoms with van der Waals surface area (Å²) in [6.07, 6.45) is -2.48. The van der Waals surface area contributed by atoms with Crippen LogP contribution in [0.1, 0.15) is 38.8 Å². The van der Waals surface area contributed by atoms with Crippen LogP contribution in [0.4, 0.5) is 4.79 Å². The van der Waals surface area contributed by atoms with E-state index in [0.717, 1.165) is 11.1 Å². The summed E-state index contributed by atoms with van der Waals surface area (Å²) in [4.78, 5) is 25.1. The largest absolute Gasteiger partial charge is 0.458 e. The molecule has 1 aliphatic rings. The number of alkyl carbamates (subject to hydrolysis) is 1. The molecule has 0 spiro atoms. The van der Waals surface area contributed by atoms with Crippen LogP contribution in [0.2, 0.25) is 0 Å². The predicted molar refractivity (Wildman–Crippen MR) is 130 cm³/mol. The summed E-state index contributed by atoms with van der Waals surface area (Å²) >= 11 is 0. The van der Waals surface area contributed by atoms with Gasteiger partial charge in [-0.05, 0) is 38.8 Å². The van der Waals surface area contributed by atoms with Crippen LogP contribution in [-0.2, 0) is 41.7 Å². The van der Waals surface area contributed by atoms with Gasteiger partial charge in [0.25, 0.3) is 0 Å². The Morgan fingerprint density at radius 3 is 2.09 bits per heavy atom. The van der Waals surface area contributed by atoms with Crippen LogP contribution in [0, 0.1) is 0 Å². The van der Waals surface area contributed by atoms with E-state index in [9.17, 15) is 9.59 Å².